The Labute approximate surface area is 107 Å². The van der Waals surface area contributed by atoms with Gasteiger partial charge in [-0.1, -0.05) is 12.1 Å². The summed E-state index contributed by atoms with van der Waals surface area (Å²) in [4.78, 5) is 11.5. The third-order valence-corrected chi connectivity index (χ3v) is 2.48. The number of nitrogens with one attached hydrogen (secondary N) is 2. The molecular weight excluding hydrogens is 230 g/mol. The molecular formula is C13H17N3O2. The van der Waals surface area contributed by atoms with E-state index in [2.05, 4.69) is 16.7 Å². The molecule has 1 atom stereocenters. The van der Waals surface area contributed by atoms with Crippen LogP contribution < -0.4 is 10.6 Å². The SMILES string of the molecule is COCCNC(=O)NC(C)c1ccc(C#N)cc1. The predicted molar refractivity (Wildman–Crippen MR) is 68.0 cm³/mol. The van der Waals surface area contributed by atoms with Gasteiger partial charge in [-0.3, -0.25) is 0 Å². The molecule has 0 bridgehead atoms. The van der Waals surface area contributed by atoms with Crippen LogP contribution in [0.5, 0.6) is 0 Å². The maximum Gasteiger partial charge on any atom is 0.315 e. The van der Waals surface area contributed by atoms with Crippen LogP contribution >= 0.6 is 0 Å². The fraction of sp³-hybridized carbons (Fsp3) is 0.385. The number of hydrogen-bond donors (Lipinski definition) is 2. The van der Waals surface area contributed by atoms with E-state index < -0.39 is 0 Å². The lowest BCUT2D eigenvalue weighted by Gasteiger charge is -2.15. The first-order valence-corrected chi connectivity index (χ1v) is 5.70. The Morgan fingerprint density at radius 2 is 2.11 bits per heavy atom. The molecule has 0 fully saturated rings. The van der Waals surface area contributed by atoms with Crippen LogP contribution in [0.1, 0.15) is 24.1 Å². The van der Waals surface area contributed by atoms with E-state index >= 15 is 0 Å². The number of hydrogen-bond acceptors (Lipinski definition) is 3. The molecule has 5 nitrogen and oxygen atoms in total. The molecule has 5 heteroatoms. The molecule has 1 aromatic rings. The van der Waals surface area contributed by atoms with Crippen LogP contribution in [0, 0.1) is 11.3 Å². The van der Waals surface area contributed by atoms with Crippen molar-refractivity contribution in [3.05, 3.63) is 35.4 Å². The molecule has 0 aliphatic rings. The molecule has 0 aromatic heterocycles. The van der Waals surface area contributed by atoms with Gasteiger partial charge < -0.3 is 15.4 Å². The molecule has 0 aliphatic carbocycles. The lowest BCUT2D eigenvalue weighted by atomic mass is 10.1. The topological polar surface area (TPSA) is 74.2 Å². The van der Waals surface area contributed by atoms with Gasteiger partial charge in [-0.2, -0.15) is 5.26 Å². The number of methoxy groups -OCH3 is 1. The van der Waals surface area contributed by atoms with Crippen molar-refractivity contribution in [2.75, 3.05) is 20.3 Å². The van der Waals surface area contributed by atoms with Crippen LogP contribution in [0.3, 0.4) is 0 Å². The largest absolute Gasteiger partial charge is 0.383 e. The highest BCUT2D eigenvalue weighted by Crippen LogP contribution is 2.12. The van der Waals surface area contributed by atoms with Crippen molar-refractivity contribution in [3.8, 4) is 6.07 Å². The third-order valence-electron chi connectivity index (χ3n) is 2.48. The lowest BCUT2D eigenvalue weighted by Crippen LogP contribution is -2.38. The van der Waals surface area contributed by atoms with Gasteiger partial charge in [0.25, 0.3) is 0 Å². The normalized spacial score (nSPS) is 11.4. The molecule has 0 saturated carbocycles. The van der Waals surface area contributed by atoms with Crippen LogP contribution in [0.2, 0.25) is 0 Å². The first-order valence-electron chi connectivity index (χ1n) is 5.70. The predicted octanol–water partition coefficient (Wildman–Crippen LogP) is 1.56. The van der Waals surface area contributed by atoms with Crippen LogP contribution in [0.4, 0.5) is 4.79 Å². The highest BCUT2D eigenvalue weighted by molar-refractivity contribution is 5.74. The third kappa shape index (κ3) is 4.44. The van der Waals surface area contributed by atoms with E-state index in [1.54, 1.807) is 19.2 Å². The van der Waals surface area contributed by atoms with E-state index in [-0.39, 0.29) is 12.1 Å². The summed E-state index contributed by atoms with van der Waals surface area (Å²) >= 11 is 0. The fourth-order valence-electron chi connectivity index (χ4n) is 1.44. The van der Waals surface area contributed by atoms with E-state index in [1.165, 1.54) is 0 Å². The van der Waals surface area contributed by atoms with E-state index in [9.17, 15) is 4.79 Å². The van der Waals surface area contributed by atoms with Crippen LogP contribution in [0.25, 0.3) is 0 Å². The summed E-state index contributed by atoms with van der Waals surface area (Å²) in [5.74, 6) is 0. The Morgan fingerprint density at radius 1 is 1.44 bits per heavy atom. The summed E-state index contributed by atoms with van der Waals surface area (Å²) in [6.45, 7) is 2.85. The lowest BCUT2D eigenvalue weighted by molar-refractivity contribution is 0.195. The quantitative estimate of drug-likeness (QED) is 0.775. The van der Waals surface area contributed by atoms with Gasteiger partial charge in [-0.05, 0) is 24.6 Å². The Balaban J connectivity index is 2.46. The molecule has 0 saturated heterocycles. The summed E-state index contributed by atoms with van der Waals surface area (Å²) in [5.41, 5.74) is 1.56. The maximum absolute atomic E-state index is 11.5. The fourth-order valence-corrected chi connectivity index (χ4v) is 1.44. The second kappa shape index (κ2) is 7.30. The minimum atomic E-state index is -0.232. The van der Waals surface area contributed by atoms with Crippen LogP contribution in [0.15, 0.2) is 24.3 Å². The number of urea groups is 1. The zero-order valence-corrected chi connectivity index (χ0v) is 10.6. The summed E-state index contributed by atoms with van der Waals surface area (Å²) in [6.07, 6.45) is 0. The van der Waals surface area contributed by atoms with Crippen molar-refractivity contribution < 1.29 is 9.53 Å². The first kappa shape index (κ1) is 14.0. The summed E-state index contributed by atoms with van der Waals surface area (Å²) in [7, 11) is 1.58. The second-order valence-corrected chi connectivity index (χ2v) is 3.85. The zero-order valence-electron chi connectivity index (χ0n) is 10.6. The van der Waals surface area contributed by atoms with Crippen molar-refractivity contribution >= 4 is 6.03 Å². The highest BCUT2D eigenvalue weighted by atomic mass is 16.5. The number of rotatable bonds is 5. The molecule has 96 valence electrons. The van der Waals surface area contributed by atoms with Gasteiger partial charge in [0.2, 0.25) is 0 Å². The Bertz CT molecular complexity index is 423. The monoisotopic (exact) mass is 247 g/mol. The molecule has 1 unspecified atom stereocenters. The Hall–Kier alpha value is -2.06. The van der Waals surface area contributed by atoms with Gasteiger partial charge in [0, 0.05) is 13.7 Å². The van der Waals surface area contributed by atoms with Gasteiger partial charge >= 0.3 is 6.03 Å². The molecule has 0 radical (unpaired) electrons. The van der Waals surface area contributed by atoms with E-state index in [1.807, 2.05) is 19.1 Å². The maximum atomic E-state index is 11.5. The first-order chi connectivity index (χ1) is 8.67. The van der Waals surface area contributed by atoms with Crippen LogP contribution in [-0.2, 0) is 4.74 Å². The molecule has 2 amide bonds. The number of amides is 2. The molecule has 0 heterocycles. The summed E-state index contributed by atoms with van der Waals surface area (Å²) in [6, 6.07) is 8.84. The average molecular weight is 247 g/mol. The number of benzene rings is 1. The molecule has 1 aromatic carbocycles. The van der Waals surface area contributed by atoms with E-state index in [0.29, 0.717) is 18.7 Å². The van der Waals surface area contributed by atoms with Crippen molar-refractivity contribution in [1.82, 2.24) is 10.6 Å². The van der Waals surface area contributed by atoms with Gasteiger partial charge in [-0.25, -0.2) is 4.79 Å². The van der Waals surface area contributed by atoms with Gasteiger partial charge in [0.05, 0.1) is 24.3 Å². The smallest absolute Gasteiger partial charge is 0.315 e. The zero-order chi connectivity index (χ0) is 13.4. The molecule has 0 spiro atoms. The number of nitriles is 1. The molecule has 18 heavy (non-hydrogen) atoms. The summed E-state index contributed by atoms with van der Waals surface area (Å²) < 4.78 is 4.83. The molecule has 1 rings (SSSR count). The van der Waals surface area contributed by atoms with Crippen molar-refractivity contribution in [1.29, 1.82) is 5.26 Å². The average Bonchev–Trinajstić information content (AvgIpc) is 2.39. The van der Waals surface area contributed by atoms with Crippen LogP contribution in [-0.4, -0.2) is 26.3 Å². The molecule has 2 N–H and O–H groups in total. The van der Waals surface area contributed by atoms with Crippen molar-refractivity contribution in [3.63, 3.8) is 0 Å². The number of nitrogens with zero attached hydrogens (tertiary/aromatic N) is 1. The standard InChI is InChI=1S/C13H17N3O2/c1-10(16-13(17)15-7-8-18-2)12-5-3-11(9-14)4-6-12/h3-6,10H,7-8H2,1-2H3,(H2,15,16,17). The Morgan fingerprint density at radius 3 is 2.67 bits per heavy atom. The van der Waals surface area contributed by atoms with Gasteiger partial charge in [0.15, 0.2) is 0 Å². The molecule has 0 aliphatic heterocycles. The Kier molecular flexibility index (Phi) is 5.68. The minimum Gasteiger partial charge on any atom is -0.383 e. The number of carbonyl (C=O) groups is 1. The van der Waals surface area contributed by atoms with Crippen molar-refractivity contribution in [2.24, 2.45) is 0 Å². The van der Waals surface area contributed by atoms with Gasteiger partial charge in [0.1, 0.15) is 0 Å². The van der Waals surface area contributed by atoms with E-state index in [4.69, 9.17) is 10.00 Å². The second-order valence-electron chi connectivity index (χ2n) is 3.85. The van der Waals surface area contributed by atoms with Crippen molar-refractivity contribution in [2.45, 2.75) is 13.0 Å². The summed E-state index contributed by atoms with van der Waals surface area (Å²) in [5, 5.41) is 14.2. The van der Waals surface area contributed by atoms with E-state index in [0.717, 1.165) is 5.56 Å². The number of ether oxygens (including phenoxy) is 1. The van der Waals surface area contributed by atoms with Gasteiger partial charge in [-0.15, -0.1) is 0 Å². The number of carbonyl (C=O) groups excluding carboxylic acids is 1. The minimum absolute atomic E-state index is 0.111. The highest BCUT2D eigenvalue weighted by Gasteiger charge is 2.08.